The van der Waals surface area contributed by atoms with Crippen LogP contribution < -0.4 is 11.1 Å². The topological polar surface area (TPSA) is 135 Å². The average Bonchev–Trinajstić information content (AvgIpc) is 3.42. The van der Waals surface area contributed by atoms with E-state index in [4.69, 9.17) is 10.5 Å². The fraction of sp³-hybridized carbons (Fsp3) is 0.520. The molecule has 2 unspecified atom stereocenters. The van der Waals surface area contributed by atoms with Crippen LogP contribution in [0.1, 0.15) is 58.3 Å². The van der Waals surface area contributed by atoms with E-state index in [1.54, 1.807) is 32.1 Å². The molecule has 9 nitrogen and oxygen atoms in total. The lowest BCUT2D eigenvalue weighted by molar-refractivity contribution is -0.150. The molecule has 0 radical (unpaired) electrons. The number of aromatic nitrogens is 1. The number of aliphatic hydroxyl groups is 1. The monoisotopic (exact) mass is 502 g/mol. The number of benzene rings is 1. The van der Waals surface area contributed by atoms with Gasteiger partial charge in [-0.05, 0) is 24.5 Å². The van der Waals surface area contributed by atoms with Crippen LogP contribution in [0.4, 0.5) is 4.79 Å². The molecule has 190 valence electrons. The van der Waals surface area contributed by atoms with Crippen molar-refractivity contribution in [2.45, 2.75) is 71.8 Å². The third-order valence-corrected chi connectivity index (χ3v) is 7.04. The molecule has 2 heterocycles. The molecular formula is C25H34N4O5S. The number of carbonyl (C=O) groups is 3. The van der Waals surface area contributed by atoms with Crippen molar-refractivity contribution in [2.75, 3.05) is 6.54 Å². The highest BCUT2D eigenvalue weighted by Gasteiger charge is 2.45. The van der Waals surface area contributed by atoms with Crippen LogP contribution in [0.15, 0.2) is 29.8 Å². The van der Waals surface area contributed by atoms with Gasteiger partial charge in [-0.3, -0.25) is 9.59 Å². The third kappa shape index (κ3) is 6.18. The minimum Gasteiger partial charge on any atom is -0.436 e. The number of nitrogens with one attached hydrogen (secondary N) is 1. The Morgan fingerprint density at radius 2 is 1.94 bits per heavy atom. The minimum absolute atomic E-state index is 0.0245. The Hall–Kier alpha value is -2.98. The van der Waals surface area contributed by atoms with Crippen molar-refractivity contribution in [1.82, 2.24) is 15.2 Å². The van der Waals surface area contributed by atoms with Gasteiger partial charge in [0.1, 0.15) is 6.04 Å². The van der Waals surface area contributed by atoms with Crippen LogP contribution in [0.2, 0.25) is 0 Å². The summed E-state index contributed by atoms with van der Waals surface area (Å²) < 4.78 is 5.09. The average molecular weight is 503 g/mol. The van der Waals surface area contributed by atoms with E-state index in [1.807, 2.05) is 36.7 Å². The largest absolute Gasteiger partial charge is 0.436 e. The number of ether oxygens (including phenoxy) is 1. The third-order valence-electron chi connectivity index (χ3n) is 6.12. The van der Waals surface area contributed by atoms with Gasteiger partial charge in [0.15, 0.2) is 6.10 Å². The molecule has 1 aromatic carbocycles. The van der Waals surface area contributed by atoms with Crippen molar-refractivity contribution in [2.24, 2.45) is 11.1 Å². The Morgan fingerprint density at radius 1 is 1.29 bits per heavy atom. The summed E-state index contributed by atoms with van der Waals surface area (Å²) in [5, 5.41) is 13.2. The summed E-state index contributed by atoms with van der Waals surface area (Å²) in [6, 6.07) is 6.73. The molecule has 1 aliphatic heterocycles. The van der Waals surface area contributed by atoms with Crippen molar-refractivity contribution < 1.29 is 24.2 Å². The number of nitrogens with zero attached hydrogens (tertiary/aromatic N) is 2. The summed E-state index contributed by atoms with van der Waals surface area (Å²) in [6.07, 6.45) is -2.14. The predicted molar refractivity (Wildman–Crippen MR) is 134 cm³/mol. The molecule has 0 bridgehead atoms. The second kappa shape index (κ2) is 10.7. The molecule has 1 fully saturated rings. The molecule has 4 N–H and O–H groups in total. The van der Waals surface area contributed by atoms with E-state index >= 15 is 0 Å². The number of carbonyl (C=O) groups excluding carboxylic acids is 3. The number of aryl methyl sites for hydroxylation is 1. The molecule has 0 aliphatic carbocycles. The zero-order chi connectivity index (χ0) is 25.9. The highest BCUT2D eigenvalue weighted by Crippen LogP contribution is 2.30. The number of primary amides is 1. The number of aliphatic hydroxyl groups excluding tert-OH is 1. The predicted octanol–water partition coefficient (Wildman–Crippen LogP) is 3.02. The number of hydrogen-bond acceptors (Lipinski definition) is 7. The molecule has 0 saturated carbocycles. The molecule has 0 spiro atoms. The van der Waals surface area contributed by atoms with Gasteiger partial charge < -0.3 is 25.8 Å². The molecular weight excluding hydrogens is 468 g/mol. The molecule has 1 saturated heterocycles. The lowest BCUT2D eigenvalue weighted by Crippen LogP contribution is -2.53. The van der Waals surface area contributed by atoms with Crippen LogP contribution in [-0.4, -0.2) is 57.7 Å². The molecule has 1 aromatic heterocycles. The van der Waals surface area contributed by atoms with E-state index in [2.05, 4.69) is 17.2 Å². The second-order valence-corrected chi connectivity index (χ2v) is 10.8. The highest BCUT2D eigenvalue weighted by molar-refractivity contribution is 7.13. The van der Waals surface area contributed by atoms with Crippen LogP contribution in [-0.2, 0) is 20.7 Å². The van der Waals surface area contributed by atoms with Crippen LogP contribution in [0, 0.1) is 5.41 Å². The molecule has 3 amide bonds. The van der Waals surface area contributed by atoms with Crippen LogP contribution >= 0.6 is 11.3 Å². The van der Waals surface area contributed by atoms with Gasteiger partial charge in [-0.1, -0.05) is 52.0 Å². The maximum atomic E-state index is 13.2. The first-order chi connectivity index (χ1) is 16.4. The number of amides is 3. The molecule has 2 aromatic rings. The van der Waals surface area contributed by atoms with E-state index in [0.717, 1.165) is 28.1 Å². The Bertz CT molecular complexity index is 1060. The van der Waals surface area contributed by atoms with Crippen LogP contribution in [0.3, 0.4) is 0 Å². The van der Waals surface area contributed by atoms with Crippen LogP contribution in [0.5, 0.6) is 0 Å². The van der Waals surface area contributed by atoms with Crippen molar-refractivity contribution in [3.05, 3.63) is 41.0 Å². The maximum Gasteiger partial charge on any atom is 0.405 e. The summed E-state index contributed by atoms with van der Waals surface area (Å²) in [5.74, 6) is -0.935. The number of nitrogens with two attached hydrogens (primary N) is 1. The normalized spacial score (nSPS) is 19.8. The van der Waals surface area contributed by atoms with Crippen molar-refractivity contribution in [3.8, 4) is 10.4 Å². The number of thiazole rings is 1. The summed E-state index contributed by atoms with van der Waals surface area (Å²) in [4.78, 5) is 44.6. The van der Waals surface area contributed by atoms with Gasteiger partial charge in [0.05, 0.1) is 28.2 Å². The lowest BCUT2D eigenvalue weighted by atomic mass is 9.88. The van der Waals surface area contributed by atoms with Crippen LogP contribution in [0.25, 0.3) is 10.4 Å². The van der Waals surface area contributed by atoms with E-state index in [9.17, 15) is 19.5 Å². The smallest absolute Gasteiger partial charge is 0.405 e. The summed E-state index contributed by atoms with van der Waals surface area (Å²) in [6.45, 7) is 9.12. The summed E-state index contributed by atoms with van der Waals surface area (Å²) in [7, 11) is 0. The summed E-state index contributed by atoms with van der Waals surface area (Å²) in [5.41, 5.74) is 9.31. The molecule has 1 aliphatic rings. The van der Waals surface area contributed by atoms with E-state index in [0.29, 0.717) is 0 Å². The van der Waals surface area contributed by atoms with Crippen molar-refractivity contribution in [3.63, 3.8) is 0 Å². The van der Waals surface area contributed by atoms with Gasteiger partial charge in [-0.15, -0.1) is 11.3 Å². The van der Waals surface area contributed by atoms with Gasteiger partial charge >= 0.3 is 6.09 Å². The SMILES string of the molecule is CCc1ncsc1-c1ccc(C(C)NC(=O)[C@@H]2C[C@@H](O)CN2C(=O)C(OC(N)=O)C(C)(C)C)cc1. The summed E-state index contributed by atoms with van der Waals surface area (Å²) >= 11 is 1.60. The Labute approximate surface area is 209 Å². The van der Waals surface area contributed by atoms with Crippen molar-refractivity contribution in [1.29, 1.82) is 0 Å². The van der Waals surface area contributed by atoms with Gasteiger partial charge in [-0.25, -0.2) is 9.78 Å². The zero-order valence-corrected chi connectivity index (χ0v) is 21.6. The maximum absolute atomic E-state index is 13.2. The Kier molecular flexibility index (Phi) is 8.17. The number of β-amino-alcohol motifs (C(OH)–C–C–N with tert-alkyl or cyclic N) is 1. The number of likely N-dealkylation sites (tertiary alicyclic amines) is 1. The van der Waals surface area contributed by atoms with E-state index in [-0.39, 0.29) is 24.9 Å². The van der Waals surface area contributed by atoms with Gasteiger partial charge in [0, 0.05) is 18.4 Å². The standard InChI is InChI=1S/C25H34N4O5S/c1-6-18-20(35-13-27-18)16-9-7-15(8-10-16)14(2)28-22(31)19-11-17(30)12-29(19)23(32)21(25(3,4)5)34-24(26)33/h7-10,13-14,17,19,21,30H,6,11-12H2,1-5H3,(H2,26,33)(H,28,31)/t14?,17-,19+,21?/m1/s1. The van der Waals surface area contributed by atoms with E-state index < -0.39 is 35.7 Å². The quantitative estimate of drug-likeness (QED) is 0.533. The Balaban J connectivity index is 1.72. The number of rotatable bonds is 7. The zero-order valence-electron chi connectivity index (χ0n) is 20.8. The first-order valence-corrected chi connectivity index (χ1v) is 12.6. The molecule has 35 heavy (non-hydrogen) atoms. The van der Waals surface area contributed by atoms with Gasteiger partial charge in [0.25, 0.3) is 5.91 Å². The minimum atomic E-state index is -1.18. The number of hydrogen-bond donors (Lipinski definition) is 3. The fourth-order valence-electron chi connectivity index (χ4n) is 4.24. The molecule has 4 atom stereocenters. The van der Waals surface area contributed by atoms with Gasteiger partial charge in [0.2, 0.25) is 5.91 Å². The first kappa shape index (κ1) is 26.6. The van der Waals surface area contributed by atoms with E-state index in [1.165, 1.54) is 4.90 Å². The lowest BCUT2D eigenvalue weighted by Gasteiger charge is -2.34. The molecule has 10 heteroatoms. The fourth-order valence-corrected chi connectivity index (χ4v) is 5.13. The van der Waals surface area contributed by atoms with Gasteiger partial charge in [-0.2, -0.15) is 0 Å². The second-order valence-electron chi connectivity index (χ2n) is 9.91. The highest BCUT2D eigenvalue weighted by atomic mass is 32.1. The first-order valence-electron chi connectivity index (χ1n) is 11.7. The van der Waals surface area contributed by atoms with Crippen molar-refractivity contribution >= 4 is 29.2 Å². The molecule has 3 rings (SSSR count). The Morgan fingerprint density at radius 3 is 2.51 bits per heavy atom.